The molecule has 13 heteroatoms. The quantitative estimate of drug-likeness (QED) is 0.128. The van der Waals surface area contributed by atoms with Crippen LogP contribution in [0.1, 0.15) is 0 Å². The molecule has 0 amide bonds. The van der Waals surface area contributed by atoms with Gasteiger partial charge < -0.3 is 54.8 Å². The molecule has 0 aliphatic carbocycles. The van der Waals surface area contributed by atoms with Crippen molar-refractivity contribution in [3.63, 3.8) is 0 Å². The molecule has 0 unspecified atom stereocenters. The van der Waals surface area contributed by atoms with Crippen molar-refractivity contribution in [2.24, 2.45) is 0 Å². The lowest BCUT2D eigenvalue weighted by atomic mass is 10.1. The lowest BCUT2D eigenvalue weighted by molar-refractivity contribution is 0.368. The van der Waals surface area contributed by atoms with E-state index in [-0.39, 0.29) is 56.3 Å². The van der Waals surface area contributed by atoms with E-state index in [9.17, 15) is 55.5 Å². The Bertz CT molecular complexity index is 2140. The molecule has 2 aromatic heterocycles. The molecule has 0 radical (unpaired) electrons. The number of phenols is 8. The Kier molecular flexibility index (Phi) is 6.83. The van der Waals surface area contributed by atoms with Crippen molar-refractivity contribution in [1.82, 2.24) is 0 Å². The highest BCUT2D eigenvalue weighted by Crippen LogP contribution is 2.42. The first kappa shape index (κ1) is 28.0. The van der Waals surface area contributed by atoms with Crippen LogP contribution in [0.3, 0.4) is 0 Å². The van der Waals surface area contributed by atoms with E-state index in [2.05, 4.69) is 0 Å². The minimum Gasteiger partial charge on any atom is -0.508 e. The van der Waals surface area contributed by atoms with Gasteiger partial charge in [0.25, 0.3) is 0 Å². The van der Waals surface area contributed by atoms with E-state index in [0.717, 1.165) is 30.3 Å². The molecule has 0 saturated heterocycles. The zero-order valence-corrected chi connectivity index (χ0v) is 21.5. The van der Waals surface area contributed by atoms with Crippen molar-refractivity contribution in [1.29, 1.82) is 0 Å². The van der Waals surface area contributed by atoms with Crippen molar-refractivity contribution in [3.05, 3.63) is 87.2 Å². The first-order valence-corrected chi connectivity index (χ1v) is 12.1. The van der Waals surface area contributed by atoms with Gasteiger partial charge in [-0.3, -0.25) is 9.59 Å². The van der Waals surface area contributed by atoms with Gasteiger partial charge in [0, 0.05) is 41.5 Å². The fourth-order valence-corrected chi connectivity index (χ4v) is 4.23. The number of aromatic hydroxyl groups is 9. The molecule has 9 N–H and O–H groups in total. The Hall–Kier alpha value is -6.50. The number of phenolic OH excluding ortho intramolecular Hbond substituents is 8. The zero-order valence-electron chi connectivity index (χ0n) is 21.5. The van der Waals surface area contributed by atoms with Gasteiger partial charge in [-0.15, -0.1) is 0 Å². The Labute approximate surface area is 238 Å². The van der Waals surface area contributed by atoms with E-state index in [1.807, 2.05) is 0 Å². The molecule has 0 saturated carbocycles. The Morgan fingerprint density at radius 3 is 1.58 bits per heavy atom. The predicted molar refractivity (Wildman–Crippen MR) is 151 cm³/mol. The first-order chi connectivity index (χ1) is 20.3. The monoisotopic (exact) mass is 588 g/mol. The van der Waals surface area contributed by atoms with Crippen LogP contribution in [0.15, 0.2) is 85.2 Å². The van der Waals surface area contributed by atoms with Gasteiger partial charge in [0.1, 0.15) is 56.4 Å². The standard InChI is InChI=1S/C15H10O8.C15H10O5/c16-6-3-7(17)11-10(4-6)23-15(14(22)13(11)21)5-1-8(18)12(20)9(19)2-5;16-9-3-1-8(2-4-9)13-7-12(19)15-11(18)5-10(17)6-14(15)20-13/h1-4,16-20,22H;1-7,16-18H. The van der Waals surface area contributed by atoms with Gasteiger partial charge in [-0.25, -0.2) is 0 Å². The maximum atomic E-state index is 12.2. The number of hydrogen-bond acceptors (Lipinski definition) is 13. The molecule has 13 nitrogen and oxygen atoms in total. The smallest absolute Gasteiger partial charge is 0.238 e. The SMILES string of the molecule is O=c1c(O)c(-c2cc(O)c(O)c(O)c2)oc2cc(O)cc(O)c12.O=c1cc(-c2ccc(O)cc2)oc2cc(O)cc(O)c12. The lowest BCUT2D eigenvalue weighted by Gasteiger charge is -2.09. The summed E-state index contributed by atoms with van der Waals surface area (Å²) in [6.07, 6.45) is 0. The van der Waals surface area contributed by atoms with Crippen LogP contribution in [0.5, 0.6) is 51.7 Å². The molecular weight excluding hydrogens is 568 g/mol. The number of benzene rings is 4. The van der Waals surface area contributed by atoms with Crippen LogP contribution in [0, 0.1) is 0 Å². The summed E-state index contributed by atoms with van der Waals surface area (Å²) >= 11 is 0. The molecule has 2 heterocycles. The average molecular weight is 588 g/mol. The molecule has 6 aromatic rings. The highest BCUT2D eigenvalue weighted by Gasteiger charge is 2.21. The Balaban J connectivity index is 0.000000173. The Morgan fingerprint density at radius 1 is 0.465 bits per heavy atom. The van der Waals surface area contributed by atoms with Gasteiger partial charge in [0.2, 0.25) is 11.2 Å². The molecule has 4 aromatic carbocycles. The summed E-state index contributed by atoms with van der Waals surface area (Å²) in [6.45, 7) is 0. The van der Waals surface area contributed by atoms with E-state index in [1.165, 1.54) is 24.3 Å². The lowest BCUT2D eigenvalue weighted by Crippen LogP contribution is -2.03. The van der Waals surface area contributed by atoms with E-state index < -0.39 is 45.4 Å². The van der Waals surface area contributed by atoms with Crippen LogP contribution in [0.4, 0.5) is 0 Å². The highest BCUT2D eigenvalue weighted by molar-refractivity contribution is 5.88. The summed E-state index contributed by atoms with van der Waals surface area (Å²) in [5, 5.41) is 85.5. The molecule has 0 atom stereocenters. The molecule has 218 valence electrons. The summed E-state index contributed by atoms with van der Waals surface area (Å²) in [5.74, 6) is -4.53. The number of rotatable bonds is 2. The Morgan fingerprint density at radius 2 is 1.00 bits per heavy atom. The van der Waals surface area contributed by atoms with E-state index in [4.69, 9.17) is 8.83 Å². The zero-order chi connectivity index (χ0) is 31.2. The van der Waals surface area contributed by atoms with E-state index >= 15 is 0 Å². The fourth-order valence-electron chi connectivity index (χ4n) is 4.23. The van der Waals surface area contributed by atoms with E-state index in [0.29, 0.717) is 5.56 Å². The summed E-state index contributed by atoms with van der Waals surface area (Å²) in [7, 11) is 0. The van der Waals surface area contributed by atoms with Crippen LogP contribution in [-0.2, 0) is 0 Å². The van der Waals surface area contributed by atoms with Gasteiger partial charge in [0.15, 0.2) is 28.4 Å². The second-order valence-electron chi connectivity index (χ2n) is 9.17. The molecule has 0 aliphatic heterocycles. The largest absolute Gasteiger partial charge is 0.508 e. The van der Waals surface area contributed by atoms with Crippen molar-refractivity contribution in [3.8, 4) is 74.4 Å². The highest BCUT2D eigenvalue weighted by atomic mass is 16.4. The third kappa shape index (κ3) is 5.20. The molecular formula is C30H20O13. The molecule has 6 rings (SSSR count). The number of fused-ring (bicyclic) bond motifs is 2. The fraction of sp³-hybridized carbons (Fsp3) is 0. The predicted octanol–water partition coefficient (Wildman–Crippen LogP) is 4.27. The molecule has 0 spiro atoms. The van der Waals surface area contributed by atoms with Crippen molar-refractivity contribution in [2.75, 3.05) is 0 Å². The summed E-state index contributed by atoms with van der Waals surface area (Å²) in [6, 6.07) is 13.6. The van der Waals surface area contributed by atoms with Crippen LogP contribution in [0.25, 0.3) is 44.6 Å². The van der Waals surface area contributed by atoms with Crippen LogP contribution < -0.4 is 10.9 Å². The van der Waals surface area contributed by atoms with E-state index in [1.54, 1.807) is 12.1 Å². The maximum absolute atomic E-state index is 12.2. The van der Waals surface area contributed by atoms with Gasteiger partial charge in [-0.1, -0.05) is 0 Å². The molecule has 43 heavy (non-hydrogen) atoms. The molecule has 0 aliphatic rings. The van der Waals surface area contributed by atoms with Crippen molar-refractivity contribution < 1.29 is 54.8 Å². The second-order valence-corrected chi connectivity index (χ2v) is 9.17. The first-order valence-electron chi connectivity index (χ1n) is 12.1. The number of hydrogen-bond donors (Lipinski definition) is 9. The third-order valence-corrected chi connectivity index (χ3v) is 6.21. The minimum absolute atomic E-state index is 0.0188. The molecule has 0 bridgehead atoms. The van der Waals surface area contributed by atoms with Gasteiger partial charge in [-0.2, -0.15) is 0 Å². The van der Waals surface area contributed by atoms with Crippen LogP contribution in [-0.4, -0.2) is 46.0 Å². The normalized spacial score (nSPS) is 10.9. The van der Waals surface area contributed by atoms with Gasteiger partial charge in [0.05, 0.1) is 0 Å². The van der Waals surface area contributed by atoms with Crippen LogP contribution >= 0.6 is 0 Å². The van der Waals surface area contributed by atoms with Crippen molar-refractivity contribution >= 4 is 21.9 Å². The van der Waals surface area contributed by atoms with Gasteiger partial charge in [-0.05, 0) is 36.4 Å². The topological polar surface area (TPSA) is 242 Å². The third-order valence-electron chi connectivity index (χ3n) is 6.21. The second kappa shape index (κ2) is 10.5. The minimum atomic E-state index is -0.967. The van der Waals surface area contributed by atoms with Crippen LogP contribution in [0.2, 0.25) is 0 Å². The summed E-state index contributed by atoms with van der Waals surface area (Å²) in [5.41, 5.74) is -0.996. The summed E-state index contributed by atoms with van der Waals surface area (Å²) in [4.78, 5) is 24.2. The maximum Gasteiger partial charge on any atom is 0.238 e. The average Bonchev–Trinajstić information content (AvgIpc) is 2.93. The molecule has 0 fully saturated rings. The summed E-state index contributed by atoms with van der Waals surface area (Å²) < 4.78 is 10.8. The van der Waals surface area contributed by atoms with Crippen molar-refractivity contribution in [2.45, 2.75) is 0 Å². The van der Waals surface area contributed by atoms with Gasteiger partial charge >= 0.3 is 0 Å².